The van der Waals surface area contributed by atoms with Crippen molar-refractivity contribution in [2.75, 3.05) is 7.11 Å². The maximum absolute atomic E-state index is 11.4. The zero-order chi connectivity index (χ0) is 11.5. The summed E-state index contributed by atoms with van der Waals surface area (Å²) in [5.41, 5.74) is 4.69. The standard InChI is InChI=1S/C13H13NO2/c1-16-13(15)12(14)11-7-6-9-4-2-3-5-10(9)8-11/h2-8,12H,14H2,1H3/p+1/t12-/m0/s1. The van der Waals surface area contributed by atoms with Crippen LogP contribution in [0.4, 0.5) is 0 Å². The van der Waals surface area contributed by atoms with Crippen molar-refractivity contribution >= 4 is 16.7 Å². The first kappa shape index (κ1) is 10.6. The number of rotatable bonds is 2. The third-order valence-electron chi connectivity index (χ3n) is 2.66. The van der Waals surface area contributed by atoms with E-state index in [1.165, 1.54) is 7.11 Å². The minimum Gasteiger partial charge on any atom is -0.464 e. The first-order chi connectivity index (χ1) is 7.72. The van der Waals surface area contributed by atoms with Crippen LogP contribution < -0.4 is 5.73 Å². The molecule has 0 fully saturated rings. The Hall–Kier alpha value is -1.87. The molecule has 0 radical (unpaired) electrons. The molecule has 0 heterocycles. The molecule has 2 aromatic carbocycles. The van der Waals surface area contributed by atoms with Gasteiger partial charge in [-0.3, -0.25) is 0 Å². The van der Waals surface area contributed by atoms with Gasteiger partial charge in [-0.05, 0) is 16.8 Å². The van der Waals surface area contributed by atoms with Gasteiger partial charge in [0.25, 0.3) is 0 Å². The molecule has 0 aliphatic heterocycles. The molecule has 0 saturated heterocycles. The molecule has 3 heteroatoms. The summed E-state index contributed by atoms with van der Waals surface area (Å²) >= 11 is 0. The Bertz CT molecular complexity index is 522. The van der Waals surface area contributed by atoms with Gasteiger partial charge >= 0.3 is 5.97 Å². The topological polar surface area (TPSA) is 53.9 Å². The molecule has 0 spiro atoms. The smallest absolute Gasteiger partial charge is 0.369 e. The van der Waals surface area contributed by atoms with Gasteiger partial charge in [0, 0.05) is 5.56 Å². The summed E-state index contributed by atoms with van der Waals surface area (Å²) < 4.78 is 4.68. The van der Waals surface area contributed by atoms with Crippen molar-refractivity contribution in [2.24, 2.45) is 0 Å². The van der Waals surface area contributed by atoms with Crippen LogP contribution in [0.15, 0.2) is 42.5 Å². The van der Waals surface area contributed by atoms with Gasteiger partial charge in [0.05, 0.1) is 7.11 Å². The third-order valence-corrected chi connectivity index (χ3v) is 2.66. The molecule has 0 aromatic heterocycles. The molecule has 3 N–H and O–H groups in total. The van der Waals surface area contributed by atoms with Crippen LogP contribution in [0.3, 0.4) is 0 Å². The van der Waals surface area contributed by atoms with E-state index >= 15 is 0 Å². The Labute approximate surface area is 93.8 Å². The molecule has 3 nitrogen and oxygen atoms in total. The van der Waals surface area contributed by atoms with Crippen LogP contribution >= 0.6 is 0 Å². The predicted octanol–water partition coefficient (Wildman–Crippen LogP) is 1.30. The largest absolute Gasteiger partial charge is 0.464 e. The number of carbonyl (C=O) groups excluding carboxylic acids is 1. The van der Waals surface area contributed by atoms with Crippen molar-refractivity contribution in [3.05, 3.63) is 48.0 Å². The molecular formula is C13H14NO2+. The van der Waals surface area contributed by atoms with Crippen LogP contribution in [-0.2, 0) is 9.53 Å². The number of ether oxygens (including phenoxy) is 1. The molecule has 0 aliphatic carbocycles. The molecule has 2 aromatic rings. The van der Waals surface area contributed by atoms with Gasteiger partial charge in [-0.15, -0.1) is 0 Å². The van der Waals surface area contributed by atoms with Crippen molar-refractivity contribution in [1.29, 1.82) is 0 Å². The fraction of sp³-hybridized carbons (Fsp3) is 0.154. The summed E-state index contributed by atoms with van der Waals surface area (Å²) in [5, 5.41) is 2.26. The monoisotopic (exact) mass is 216 g/mol. The number of carbonyl (C=O) groups is 1. The van der Waals surface area contributed by atoms with Gasteiger partial charge in [0.1, 0.15) is 0 Å². The highest BCUT2D eigenvalue weighted by atomic mass is 16.5. The first-order valence-electron chi connectivity index (χ1n) is 5.12. The Morgan fingerprint density at radius 2 is 1.88 bits per heavy atom. The Morgan fingerprint density at radius 3 is 2.56 bits per heavy atom. The molecule has 0 aliphatic rings. The lowest BCUT2D eigenvalue weighted by atomic mass is 10.0. The highest BCUT2D eigenvalue weighted by molar-refractivity contribution is 5.85. The van der Waals surface area contributed by atoms with E-state index in [4.69, 9.17) is 0 Å². The van der Waals surface area contributed by atoms with Gasteiger partial charge in [-0.25, -0.2) is 4.79 Å². The maximum atomic E-state index is 11.4. The summed E-state index contributed by atoms with van der Waals surface area (Å²) in [6, 6.07) is 13.4. The predicted molar refractivity (Wildman–Crippen MR) is 61.6 cm³/mol. The highest BCUT2D eigenvalue weighted by Gasteiger charge is 2.19. The van der Waals surface area contributed by atoms with Gasteiger partial charge in [0.2, 0.25) is 6.04 Å². The van der Waals surface area contributed by atoms with E-state index in [1.54, 1.807) is 0 Å². The van der Waals surface area contributed by atoms with Crippen LogP contribution in [0.25, 0.3) is 10.8 Å². The van der Waals surface area contributed by atoms with E-state index in [2.05, 4.69) is 10.5 Å². The number of quaternary nitrogens is 1. The van der Waals surface area contributed by atoms with Gasteiger partial charge in [-0.2, -0.15) is 0 Å². The zero-order valence-electron chi connectivity index (χ0n) is 9.14. The Kier molecular flexibility index (Phi) is 2.88. The number of fused-ring (bicyclic) bond motifs is 1. The van der Waals surface area contributed by atoms with Crippen LogP contribution in [0.5, 0.6) is 0 Å². The third kappa shape index (κ3) is 1.90. The lowest BCUT2D eigenvalue weighted by Gasteiger charge is -2.07. The number of methoxy groups -OCH3 is 1. The lowest BCUT2D eigenvalue weighted by Crippen LogP contribution is -2.57. The molecule has 2 rings (SSSR count). The number of benzene rings is 2. The lowest BCUT2D eigenvalue weighted by molar-refractivity contribution is -0.414. The van der Waals surface area contributed by atoms with Crippen molar-refractivity contribution in [3.63, 3.8) is 0 Å². The minimum absolute atomic E-state index is 0.310. The molecule has 82 valence electrons. The van der Waals surface area contributed by atoms with Gasteiger partial charge < -0.3 is 10.5 Å². The van der Waals surface area contributed by atoms with Crippen molar-refractivity contribution in [2.45, 2.75) is 6.04 Å². The first-order valence-corrected chi connectivity index (χ1v) is 5.12. The second kappa shape index (κ2) is 4.33. The van der Waals surface area contributed by atoms with Crippen LogP contribution in [0.1, 0.15) is 11.6 Å². The fourth-order valence-electron chi connectivity index (χ4n) is 1.70. The maximum Gasteiger partial charge on any atom is 0.369 e. The number of hydrogen-bond acceptors (Lipinski definition) is 2. The molecule has 0 amide bonds. The molecule has 0 saturated carbocycles. The molecule has 1 atom stereocenters. The average Bonchev–Trinajstić information content (AvgIpc) is 2.36. The van der Waals surface area contributed by atoms with Crippen molar-refractivity contribution in [1.82, 2.24) is 0 Å². The molecule has 0 bridgehead atoms. The van der Waals surface area contributed by atoms with Crippen LogP contribution in [-0.4, -0.2) is 13.1 Å². The fourth-order valence-corrected chi connectivity index (χ4v) is 1.70. The number of esters is 1. The van der Waals surface area contributed by atoms with Crippen molar-refractivity contribution in [3.8, 4) is 0 Å². The van der Waals surface area contributed by atoms with E-state index in [0.29, 0.717) is 0 Å². The second-order valence-electron chi connectivity index (χ2n) is 3.68. The van der Waals surface area contributed by atoms with E-state index in [-0.39, 0.29) is 5.97 Å². The van der Waals surface area contributed by atoms with E-state index in [0.717, 1.165) is 16.3 Å². The van der Waals surface area contributed by atoms with Gasteiger partial charge in [0.15, 0.2) is 0 Å². The Balaban J connectivity index is 2.43. The Morgan fingerprint density at radius 1 is 1.19 bits per heavy atom. The summed E-state index contributed by atoms with van der Waals surface area (Å²) in [5.74, 6) is -0.310. The normalized spacial score (nSPS) is 12.4. The molecular weight excluding hydrogens is 202 g/mol. The van der Waals surface area contributed by atoms with Crippen LogP contribution in [0, 0.1) is 0 Å². The zero-order valence-corrected chi connectivity index (χ0v) is 9.14. The summed E-state index contributed by atoms with van der Waals surface area (Å²) in [6.07, 6.45) is 0. The minimum atomic E-state index is -0.463. The second-order valence-corrected chi connectivity index (χ2v) is 3.68. The molecule has 0 unspecified atom stereocenters. The quantitative estimate of drug-likeness (QED) is 0.769. The highest BCUT2D eigenvalue weighted by Crippen LogP contribution is 2.18. The summed E-state index contributed by atoms with van der Waals surface area (Å²) in [7, 11) is 1.38. The SMILES string of the molecule is COC(=O)[C@@H]([NH3+])c1ccc2ccccc2c1. The average molecular weight is 216 g/mol. The number of hydrogen-bond donors (Lipinski definition) is 1. The van der Waals surface area contributed by atoms with E-state index < -0.39 is 6.04 Å². The summed E-state index contributed by atoms with van der Waals surface area (Å²) in [6.45, 7) is 0. The molecule has 16 heavy (non-hydrogen) atoms. The van der Waals surface area contributed by atoms with Crippen LogP contribution in [0.2, 0.25) is 0 Å². The summed E-state index contributed by atoms with van der Waals surface area (Å²) in [4.78, 5) is 11.4. The van der Waals surface area contributed by atoms with Crippen molar-refractivity contribution < 1.29 is 15.3 Å². The van der Waals surface area contributed by atoms with E-state index in [1.807, 2.05) is 42.5 Å². The van der Waals surface area contributed by atoms with Gasteiger partial charge in [-0.1, -0.05) is 36.4 Å². The van der Waals surface area contributed by atoms with E-state index in [9.17, 15) is 4.79 Å².